The molecule has 6 heteroatoms. The van der Waals surface area contributed by atoms with Crippen LogP contribution in [0.4, 0.5) is 5.69 Å². The molecule has 0 fully saturated rings. The SMILES string of the molecule is O=C(Cn1cc(Br)cn1)Nc1cccc(Oc2ccccc2)c1. The van der Waals surface area contributed by atoms with Crippen molar-refractivity contribution in [1.29, 1.82) is 0 Å². The van der Waals surface area contributed by atoms with E-state index >= 15 is 0 Å². The molecule has 0 bridgehead atoms. The van der Waals surface area contributed by atoms with Crippen LogP contribution in [-0.2, 0) is 11.3 Å². The smallest absolute Gasteiger partial charge is 0.246 e. The van der Waals surface area contributed by atoms with Crippen molar-refractivity contribution in [2.75, 3.05) is 5.32 Å². The van der Waals surface area contributed by atoms with E-state index in [0.29, 0.717) is 11.4 Å². The van der Waals surface area contributed by atoms with Crippen LogP contribution in [0, 0.1) is 0 Å². The molecule has 0 atom stereocenters. The van der Waals surface area contributed by atoms with Crippen LogP contribution in [-0.4, -0.2) is 15.7 Å². The van der Waals surface area contributed by atoms with Crippen molar-refractivity contribution in [3.63, 3.8) is 0 Å². The van der Waals surface area contributed by atoms with Gasteiger partial charge in [-0.05, 0) is 40.2 Å². The van der Waals surface area contributed by atoms with Crippen molar-refractivity contribution in [2.24, 2.45) is 0 Å². The number of nitrogens with one attached hydrogen (secondary N) is 1. The number of halogens is 1. The molecule has 0 unspecified atom stereocenters. The molecule has 1 amide bonds. The molecule has 0 saturated heterocycles. The number of carbonyl (C=O) groups excluding carboxylic acids is 1. The monoisotopic (exact) mass is 371 g/mol. The Morgan fingerprint density at radius 2 is 1.91 bits per heavy atom. The van der Waals surface area contributed by atoms with Gasteiger partial charge in [0.15, 0.2) is 0 Å². The highest BCUT2D eigenvalue weighted by Gasteiger charge is 2.06. The van der Waals surface area contributed by atoms with E-state index in [1.165, 1.54) is 0 Å². The maximum Gasteiger partial charge on any atom is 0.246 e. The van der Waals surface area contributed by atoms with Crippen molar-refractivity contribution in [1.82, 2.24) is 9.78 Å². The minimum Gasteiger partial charge on any atom is -0.457 e. The number of carbonyl (C=O) groups is 1. The van der Waals surface area contributed by atoms with E-state index in [9.17, 15) is 4.79 Å². The summed E-state index contributed by atoms with van der Waals surface area (Å²) in [5.74, 6) is 1.26. The van der Waals surface area contributed by atoms with Crippen LogP contribution in [0.5, 0.6) is 11.5 Å². The molecule has 0 aliphatic heterocycles. The van der Waals surface area contributed by atoms with Crippen LogP contribution in [0.2, 0.25) is 0 Å². The second-order valence-electron chi connectivity index (χ2n) is 4.85. The lowest BCUT2D eigenvalue weighted by molar-refractivity contribution is -0.116. The first kappa shape index (κ1) is 15.3. The first-order valence-electron chi connectivity index (χ1n) is 7.00. The quantitative estimate of drug-likeness (QED) is 0.735. The Morgan fingerprint density at radius 1 is 1.13 bits per heavy atom. The number of nitrogens with zero attached hydrogens (tertiary/aromatic N) is 2. The van der Waals surface area contributed by atoms with Crippen molar-refractivity contribution >= 4 is 27.5 Å². The van der Waals surface area contributed by atoms with E-state index in [-0.39, 0.29) is 12.5 Å². The topological polar surface area (TPSA) is 56.2 Å². The minimum atomic E-state index is -0.155. The number of benzene rings is 2. The maximum atomic E-state index is 12.0. The Labute approximate surface area is 142 Å². The number of hydrogen-bond donors (Lipinski definition) is 1. The molecule has 3 aromatic rings. The molecule has 1 aromatic heterocycles. The third kappa shape index (κ3) is 4.43. The van der Waals surface area contributed by atoms with E-state index in [0.717, 1.165) is 10.2 Å². The number of para-hydroxylation sites is 1. The third-order valence-corrected chi connectivity index (χ3v) is 3.41. The molecular formula is C17H14BrN3O2. The summed E-state index contributed by atoms with van der Waals surface area (Å²) in [5, 5.41) is 6.89. The van der Waals surface area contributed by atoms with Crippen molar-refractivity contribution < 1.29 is 9.53 Å². The molecule has 23 heavy (non-hydrogen) atoms. The second kappa shape index (κ2) is 7.11. The summed E-state index contributed by atoms with van der Waals surface area (Å²) in [6.07, 6.45) is 3.39. The summed E-state index contributed by atoms with van der Waals surface area (Å²) in [5.41, 5.74) is 0.676. The number of amides is 1. The Hall–Kier alpha value is -2.60. The number of aromatic nitrogens is 2. The molecule has 116 valence electrons. The number of anilines is 1. The van der Waals surface area contributed by atoms with E-state index < -0.39 is 0 Å². The van der Waals surface area contributed by atoms with Gasteiger partial charge in [-0.3, -0.25) is 9.48 Å². The zero-order valence-corrected chi connectivity index (χ0v) is 13.7. The molecular weight excluding hydrogens is 358 g/mol. The van der Waals surface area contributed by atoms with Crippen molar-refractivity contribution in [3.8, 4) is 11.5 Å². The summed E-state index contributed by atoms with van der Waals surface area (Å²) in [6, 6.07) is 16.8. The average molecular weight is 372 g/mol. The predicted octanol–water partition coefficient (Wildman–Crippen LogP) is 4.08. The van der Waals surface area contributed by atoms with Gasteiger partial charge in [0, 0.05) is 18.0 Å². The highest BCUT2D eigenvalue weighted by atomic mass is 79.9. The normalized spacial score (nSPS) is 10.3. The Balaban J connectivity index is 1.64. The van der Waals surface area contributed by atoms with Crippen LogP contribution in [0.1, 0.15) is 0 Å². The molecule has 0 spiro atoms. The van der Waals surface area contributed by atoms with E-state index in [4.69, 9.17) is 4.74 Å². The Morgan fingerprint density at radius 3 is 2.65 bits per heavy atom. The summed E-state index contributed by atoms with van der Waals surface area (Å²) < 4.78 is 8.14. The van der Waals surface area contributed by atoms with Gasteiger partial charge in [0.1, 0.15) is 18.0 Å². The molecule has 0 aliphatic rings. The maximum absolute atomic E-state index is 12.0. The number of hydrogen-bond acceptors (Lipinski definition) is 3. The number of rotatable bonds is 5. The largest absolute Gasteiger partial charge is 0.457 e. The second-order valence-corrected chi connectivity index (χ2v) is 5.76. The minimum absolute atomic E-state index is 0.148. The highest BCUT2D eigenvalue weighted by Crippen LogP contribution is 2.23. The van der Waals surface area contributed by atoms with E-state index in [1.54, 1.807) is 23.1 Å². The van der Waals surface area contributed by atoms with Gasteiger partial charge >= 0.3 is 0 Å². The van der Waals surface area contributed by atoms with Gasteiger partial charge in [0.2, 0.25) is 5.91 Å². The van der Waals surface area contributed by atoms with Gasteiger partial charge in [-0.25, -0.2) is 0 Å². The summed E-state index contributed by atoms with van der Waals surface area (Å²) in [4.78, 5) is 12.0. The lowest BCUT2D eigenvalue weighted by Gasteiger charge is -2.09. The highest BCUT2D eigenvalue weighted by molar-refractivity contribution is 9.10. The third-order valence-electron chi connectivity index (χ3n) is 3.00. The van der Waals surface area contributed by atoms with Gasteiger partial charge < -0.3 is 10.1 Å². The van der Waals surface area contributed by atoms with Crippen molar-refractivity contribution in [3.05, 3.63) is 71.5 Å². The van der Waals surface area contributed by atoms with E-state index in [1.807, 2.05) is 48.5 Å². The van der Waals surface area contributed by atoms with Crippen LogP contribution in [0.3, 0.4) is 0 Å². The van der Waals surface area contributed by atoms with Crippen LogP contribution >= 0.6 is 15.9 Å². The number of ether oxygens (including phenoxy) is 1. The fourth-order valence-electron chi connectivity index (χ4n) is 2.03. The zero-order chi connectivity index (χ0) is 16.1. The molecule has 1 heterocycles. The van der Waals surface area contributed by atoms with Gasteiger partial charge in [0.25, 0.3) is 0 Å². The lowest BCUT2D eigenvalue weighted by Crippen LogP contribution is -2.18. The van der Waals surface area contributed by atoms with Gasteiger partial charge in [-0.15, -0.1) is 0 Å². The fraction of sp³-hybridized carbons (Fsp3) is 0.0588. The summed E-state index contributed by atoms with van der Waals surface area (Å²) in [6.45, 7) is 0.148. The Kier molecular flexibility index (Phi) is 4.73. The molecule has 2 aromatic carbocycles. The average Bonchev–Trinajstić information content (AvgIpc) is 2.93. The summed E-state index contributed by atoms with van der Waals surface area (Å²) >= 11 is 3.30. The molecule has 0 radical (unpaired) electrons. The van der Waals surface area contributed by atoms with Crippen LogP contribution in [0.25, 0.3) is 0 Å². The lowest BCUT2D eigenvalue weighted by atomic mass is 10.3. The molecule has 0 saturated carbocycles. The van der Waals surface area contributed by atoms with Crippen molar-refractivity contribution in [2.45, 2.75) is 6.54 Å². The molecule has 0 aliphatic carbocycles. The Bertz CT molecular complexity index is 802. The standard InChI is InChI=1S/C17H14BrN3O2/c18-13-10-19-21(11-13)12-17(22)20-14-5-4-8-16(9-14)23-15-6-2-1-3-7-15/h1-11H,12H2,(H,20,22). The van der Waals surface area contributed by atoms with Gasteiger partial charge in [-0.2, -0.15) is 5.10 Å². The first-order valence-corrected chi connectivity index (χ1v) is 7.79. The fourth-order valence-corrected chi connectivity index (χ4v) is 2.36. The van der Waals surface area contributed by atoms with Crippen LogP contribution in [0.15, 0.2) is 71.5 Å². The van der Waals surface area contributed by atoms with E-state index in [2.05, 4.69) is 26.3 Å². The van der Waals surface area contributed by atoms with Gasteiger partial charge in [-0.1, -0.05) is 24.3 Å². The first-order chi connectivity index (χ1) is 11.2. The zero-order valence-electron chi connectivity index (χ0n) is 12.1. The molecule has 5 nitrogen and oxygen atoms in total. The summed E-state index contributed by atoms with van der Waals surface area (Å²) in [7, 11) is 0. The predicted molar refractivity (Wildman–Crippen MR) is 91.5 cm³/mol. The van der Waals surface area contributed by atoms with Crippen LogP contribution < -0.4 is 10.1 Å². The molecule has 3 rings (SSSR count). The van der Waals surface area contributed by atoms with Gasteiger partial charge in [0.05, 0.1) is 10.7 Å². The molecule has 1 N–H and O–H groups in total.